The SMILES string of the molecule is Cc1nc(CN2CCN(c3c([N+](=O)[O-])cc(C(F)(F)F)cc3[N+](=O)[O-])CC2)n[nH]1. The van der Waals surface area contributed by atoms with Gasteiger partial charge in [0.15, 0.2) is 11.5 Å². The number of halogens is 3. The second kappa shape index (κ2) is 7.62. The summed E-state index contributed by atoms with van der Waals surface area (Å²) < 4.78 is 39.1. The van der Waals surface area contributed by atoms with Crippen LogP contribution in [0.2, 0.25) is 0 Å². The highest BCUT2D eigenvalue weighted by Gasteiger charge is 2.39. The van der Waals surface area contributed by atoms with Crippen molar-refractivity contribution in [2.45, 2.75) is 19.6 Å². The maximum absolute atomic E-state index is 13.0. The molecule has 0 saturated carbocycles. The van der Waals surface area contributed by atoms with Crippen LogP contribution in [0.25, 0.3) is 0 Å². The molecule has 29 heavy (non-hydrogen) atoms. The van der Waals surface area contributed by atoms with E-state index in [1.807, 2.05) is 4.90 Å². The zero-order chi connectivity index (χ0) is 21.3. The Bertz CT molecular complexity index is 903. The first-order valence-corrected chi connectivity index (χ1v) is 8.45. The molecule has 1 aromatic heterocycles. The number of aromatic amines is 1. The van der Waals surface area contributed by atoms with Crippen LogP contribution in [-0.4, -0.2) is 56.1 Å². The van der Waals surface area contributed by atoms with Crippen LogP contribution in [0, 0.1) is 27.2 Å². The zero-order valence-electron chi connectivity index (χ0n) is 15.1. The molecule has 14 heteroatoms. The summed E-state index contributed by atoms with van der Waals surface area (Å²) in [7, 11) is 0. The van der Waals surface area contributed by atoms with Crippen molar-refractivity contribution in [2.75, 3.05) is 31.1 Å². The molecular formula is C15H16F3N7O4. The van der Waals surface area contributed by atoms with Gasteiger partial charge in [-0.1, -0.05) is 0 Å². The van der Waals surface area contributed by atoms with Crippen LogP contribution in [0.4, 0.5) is 30.2 Å². The number of hydrogen-bond acceptors (Lipinski definition) is 8. The fourth-order valence-corrected chi connectivity index (χ4v) is 3.16. The molecule has 156 valence electrons. The van der Waals surface area contributed by atoms with E-state index in [2.05, 4.69) is 15.2 Å². The van der Waals surface area contributed by atoms with Crippen molar-refractivity contribution in [3.05, 3.63) is 49.6 Å². The molecule has 2 aromatic rings. The van der Waals surface area contributed by atoms with Gasteiger partial charge >= 0.3 is 6.18 Å². The number of piperazine rings is 1. The van der Waals surface area contributed by atoms with Crippen molar-refractivity contribution < 1.29 is 23.0 Å². The Morgan fingerprint density at radius 2 is 1.66 bits per heavy atom. The molecule has 0 unspecified atom stereocenters. The summed E-state index contributed by atoms with van der Waals surface area (Å²) in [4.78, 5) is 28.2. The third-order valence-electron chi connectivity index (χ3n) is 4.49. The third kappa shape index (κ3) is 4.42. The number of nitrogens with one attached hydrogen (secondary N) is 1. The van der Waals surface area contributed by atoms with Gasteiger partial charge in [0.2, 0.25) is 0 Å². The minimum atomic E-state index is -4.94. The van der Waals surface area contributed by atoms with E-state index < -0.39 is 38.6 Å². The van der Waals surface area contributed by atoms with Crippen molar-refractivity contribution in [1.29, 1.82) is 0 Å². The molecule has 1 aliphatic rings. The fraction of sp³-hybridized carbons (Fsp3) is 0.467. The summed E-state index contributed by atoms with van der Waals surface area (Å²) in [5, 5.41) is 29.5. The van der Waals surface area contributed by atoms with Gasteiger partial charge in [0.25, 0.3) is 11.4 Å². The highest BCUT2D eigenvalue weighted by Crippen LogP contribution is 2.43. The van der Waals surface area contributed by atoms with E-state index in [0.29, 0.717) is 43.4 Å². The first kappa shape index (κ1) is 20.4. The standard InChI is InChI=1S/C15H16F3N7O4/c1-9-19-13(21-20-9)8-22-2-4-23(5-3-22)14-11(24(26)27)6-10(15(16,17)18)7-12(14)25(28)29/h6-7H,2-5,8H2,1H3,(H,19,20,21). The van der Waals surface area contributed by atoms with Gasteiger partial charge in [-0.25, -0.2) is 4.98 Å². The minimum absolute atomic E-state index is 0.163. The predicted molar refractivity (Wildman–Crippen MR) is 93.4 cm³/mol. The number of aryl methyl sites for hydroxylation is 1. The topological polar surface area (TPSA) is 134 Å². The van der Waals surface area contributed by atoms with Crippen LogP contribution in [0.1, 0.15) is 17.2 Å². The Morgan fingerprint density at radius 1 is 1.10 bits per heavy atom. The smallest absolute Gasteiger partial charge is 0.358 e. The molecule has 0 amide bonds. The molecule has 1 aromatic carbocycles. The summed E-state index contributed by atoms with van der Waals surface area (Å²) in [5.74, 6) is 1.21. The van der Waals surface area contributed by atoms with Crippen molar-refractivity contribution in [3.8, 4) is 0 Å². The lowest BCUT2D eigenvalue weighted by Gasteiger charge is -2.35. The normalized spacial score (nSPS) is 15.5. The molecule has 1 saturated heterocycles. The van der Waals surface area contributed by atoms with Crippen molar-refractivity contribution >= 4 is 17.1 Å². The zero-order valence-corrected chi connectivity index (χ0v) is 15.1. The molecule has 0 radical (unpaired) electrons. The second-order valence-corrected chi connectivity index (χ2v) is 6.48. The Balaban J connectivity index is 1.88. The fourth-order valence-electron chi connectivity index (χ4n) is 3.16. The summed E-state index contributed by atoms with van der Waals surface area (Å²) in [6, 6.07) is 0.677. The molecule has 1 aliphatic heterocycles. The maximum atomic E-state index is 13.0. The first-order valence-electron chi connectivity index (χ1n) is 8.45. The molecule has 11 nitrogen and oxygen atoms in total. The molecule has 2 heterocycles. The average Bonchev–Trinajstić information content (AvgIpc) is 3.05. The largest absolute Gasteiger partial charge is 0.416 e. The lowest BCUT2D eigenvalue weighted by molar-refractivity contribution is -0.393. The monoisotopic (exact) mass is 415 g/mol. The van der Waals surface area contributed by atoms with Gasteiger partial charge in [0, 0.05) is 38.3 Å². The van der Waals surface area contributed by atoms with E-state index in [1.54, 1.807) is 6.92 Å². The lowest BCUT2D eigenvalue weighted by atomic mass is 10.1. The van der Waals surface area contributed by atoms with Gasteiger partial charge in [-0.15, -0.1) is 0 Å². The number of nitro benzene ring substituents is 2. The third-order valence-corrected chi connectivity index (χ3v) is 4.49. The van der Waals surface area contributed by atoms with Gasteiger partial charge in [-0.3, -0.25) is 30.2 Å². The molecular weight excluding hydrogens is 399 g/mol. The number of alkyl halides is 3. The minimum Gasteiger partial charge on any atom is -0.358 e. The Labute approximate surface area is 161 Å². The second-order valence-electron chi connectivity index (χ2n) is 6.48. The van der Waals surface area contributed by atoms with E-state index in [9.17, 15) is 33.4 Å². The van der Waals surface area contributed by atoms with Gasteiger partial charge in [-0.2, -0.15) is 18.3 Å². The van der Waals surface area contributed by atoms with E-state index in [-0.39, 0.29) is 13.1 Å². The van der Waals surface area contributed by atoms with E-state index >= 15 is 0 Å². The quantitative estimate of drug-likeness (QED) is 0.581. The number of aromatic nitrogens is 3. The molecule has 1 fully saturated rings. The Kier molecular flexibility index (Phi) is 5.37. The van der Waals surface area contributed by atoms with Gasteiger partial charge in [-0.05, 0) is 6.92 Å². The van der Waals surface area contributed by atoms with E-state index in [4.69, 9.17) is 0 Å². The summed E-state index contributed by atoms with van der Waals surface area (Å²) in [5.41, 5.74) is -3.73. The van der Waals surface area contributed by atoms with Crippen LogP contribution in [0.15, 0.2) is 12.1 Å². The number of rotatable bonds is 5. The number of benzene rings is 1. The molecule has 3 rings (SSSR count). The molecule has 0 atom stereocenters. The number of nitrogens with zero attached hydrogens (tertiary/aromatic N) is 6. The van der Waals surface area contributed by atoms with Crippen LogP contribution < -0.4 is 4.90 Å². The van der Waals surface area contributed by atoms with Gasteiger partial charge in [0.05, 0.1) is 22.0 Å². The highest BCUT2D eigenvalue weighted by molar-refractivity contribution is 5.76. The Morgan fingerprint density at radius 3 is 2.07 bits per heavy atom. The molecule has 0 spiro atoms. The summed E-state index contributed by atoms with van der Waals surface area (Å²) in [6.45, 7) is 3.24. The summed E-state index contributed by atoms with van der Waals surface area (Å²) in [6.07, 6.45) is -4.94. The first-order chi connectivity index (χ1) is 13.6. The summed E-state index contributed by atoms with van der Waals surface area (Å²) >= 11 is 0. The molecule has 0 bridgehead atoms. The Hall–Kier alpha value is -3.29. The number of nitro groups is 2. The van der Waals surface area contributed by atoms with Crippen LogP contribution in [0.3, 0.4) is 0 Å². The molecule has 1 N–H and O–H groups in total. The number of H-pyrrole nitrogens is 1. The maximum Gasteiger partial charge on any atom is 0.416 e. The van der Waals surface area contributed by atoms with E-state index in [0.717, 1.165) is 0 Å². The van der Waals surface area contributed by atoms with Crippen LogP contribution in [-0.2, 0) is 12.7 Å². The number of anilines is 1. The van der Waals surface area contributed by atoms with Gasteiger partial charge < -0.3 is 4.90 Å². The van der Waals surface area contributed by atoms with E-state index in [1.165, 1.54) is 4.90 Å². The van der Waals surface area contributed by atoms with Crippen LogP contribution >= 0.6 is 0 Å². The highest BCUT2D eigenvalue weighted by atomic mass is 19.4. The van der Waals surface area contributed by atoms with Crippen LogP contribution in [0.5, 0.6) is 0 Å². The van der Waals surface area contributed by atoms with Crippen molar-refractivity contribution in [3.63, 3.8) is 0 Å². The van der Waals surface area contributed by atoms with Crippen molar-refractivity contribution in [2.24, 2.45) is 0 Å². The van der Waals surface area contributed by atoms with Gasteiger partial charge in [0.1, 0.15) is 5.82 Å². The number of hydrogen-bond donors (Lipinski definition) is 1. The molecule has 0 aliphatic carbocycles. The lowest BCUT2D eigenvalue weighted by Crippen LogP contribution is -2.46. The van der Waals surface area contributed by atoms with Crippen molar-refractivity contribution in [1.82, 2.24) is 20.1 Å². The predicted octanol–water partition coefficient (Wildman–Crippen LogP) is 2.27. The average molecular weight is 415 g/mol.